The number of hydrogen-bond acceptors (Lipinski definition) is 3. The minimum Gasteiger partial charge on any atom is -0.465 e. The van der Waals surface area contributed by atoms with Crippen LogP contribution in [0.25, 0.3) is 0 Å². The normalized spacial score (nSPS) is 31.0. The van der Waals surface area contributed by atoms with Gasteiger partial charge in [0.2, 0.25) is 0 Å². The van der Waals surface area contributed by atoms with Crippen LogP contribution in [0.3, 0.4) is 0 Å². The molecule has 0 spiro atoms. The predicted molar refractivity (Wildman–Crippen MR) is 78.1 cm³/mol. The van der Waals surface area contributed by atoms with Crippen molar-refractivity contribution in [2.45, 2.75) is 58.9 Å². The molecule has 1 N–H and O–H groups in total. The van der Waals surface area contributed by atoms with Gasteiger partial charge in [-0.05, 0) is 25.2 Å². The first kappa shape index (κ1) is 16.0. The Labute approximate surface area is 125 Å². The molecule has 5 nitrogen and oxygen atoms in total. The van der Waals surface area contributed by atoms with Crippen LogP contribution in [0.2, 0.25) is 0 Å². The molecule has 2 atom stereocenters. The molecule has 0 bridgehead atoms. The number of likely N-dealkylation sites (tertiary alicyclic amines) is 1. The summed E-state index contributed by atoms with van der Waals surface area (Å²) >= 11 is 0. The van der Waals surface area contributed by atoms with Crippen molar-refractivity contribution in [3.05, 3.63) is 0 Å². The second kappa shape index (κ2) is 5.11. The van der Waals surface area contributed by atoms with E-state index in [1.54, 1.807) is 6.92 Å². The lowest BCUT2D eigenvalue weighted by Gasteiger charge is -2.55. The highest BCUT2D eigenvalue weighted by Crippen LogP contribution is 2.47. The smallest absolute Gasteiger partial charge is 0.407 e. The lowest BCUT2D eigenvalue weighted by molar-refractivity contribution is -0.153. The second-order valence-electron chi connectivity index (χ2n) is 7.51. The molecule has 1 saturated heterocycles. The van der Waals surface area contributed by atoms with Gasteiger partial charge in [-0.15, -0.1) is 0 Å². The summed E-state index contributed by atoms with van der Waals surface area (Å²) in [6.07, 6.45) is 1.77. The number of amides is 1. The van der Waals surface area contributed by atoms with E-state index in [1.165, 1.54) is 4.90 Å². The fourth-order valence-electron chi connectivity index (χ4n) is 3.56. The molecular weight excluding hydrogens is 270 g/mol. The van der Waals surface area contributed by atoms with E-state index in [0.717, 1.165) is 19.3 Å². The zero-order valence-corrected chi connectivity index (χ0v) is 13.3. The van der Waals surface area contributed by atoms with Crippen molar-refractivity contribution >= 4 is 17.7 Å². The molecular formula is C16H25NO4. The van der Waals surface area contributed by atoms with Crippen LogP contribution in [0.15, 0.2) is 0 Å². The summed E-state index contributed by atoms with van der Waals surface area (Å²) in [6, 6.07) is 0. The van der Waals surface area contributed by atoms with E-state index in [2.05, 4.69) is 0 Å². The summed E-state index contributed by atoms with van der Waals surface area (Å²) in [6.45, 7) is 7.66. The highest BCUT2D eigenvalue weighted by Gasteiger charge is 2.59. The fraction of sp³-hybridized carbons (Fsp3) is 0.812. The van der Waals surface area contributed by atoms with Crippen molar-refractivity contribution in [3.8, 4) is 0 Å². The van der Waals surface area contributed by atoms with Crippen molar-refractivity contribution in [1.82, 2.24) is 4.90 Å². The topological polar surface area (TPSA) is 74.7 Å². The van der Waals surface area contributed by atoms with Crippen molar-refractivity contribution in [2.24, 2.45) is 17.3 Å². The molecule has 1 saturated carbocycles. The molecule has 0 aromatic rings. The summed E-state index contributed by atoms with van der Waals surface area (Å²) < 4.78 is 0. The van der Waals surface area contributed by atoms with E-state index >= 15 is 0 Å². The molecule has 1 amide bonds. The summed E-state index contributed by atoms with van der Waals surface area (Å²) in [7, 11) is 0. The highest BCUT2D eigenvalue weighted by atomic mass is 16.4. The highest BCUT2D eigenvalue weighted by molar-refractivity contribution is 6.06. The maximum Gasteiger partial charge on any atom is 0.407 e. The Morgan fingerprint density at radius 3 is 2.24 bits per heavy atom. The first-order chi connectivity index (χ1) is 9.60. The fourth-order valence-corrected chi connectivity index (χ4v) is 3.56. The van der Waals surface area contributed by atoms with E-state index in [-0.39, 0.29) is 30.4 Å². The molecule has 118 valence electrons. The van der Waals surface area contributed by atoms with Gasteiger partial charge in [-0.3, -0.25) is 9.59 Å². The Bertz CT molecular complexity index is 475. The van der Waals surface area contributed by atoms with Crippen LogP contribution in [-0.4, -0.2) is 39.7 Å². The minimum absolute atomic E-state index is 0.0466. The third-order valence-corrected chi connectivity index (χ3v) is 5.57. The molecule has 2 rings (SSSR count). The zero-order valence-electron chi connectivity index (χ0n) is 13.3. The summed E-state index contributed by atoms with van der Waals surface area (Å²) in [5.41, 5.74) is -1.48. The largest absolute Gasteiger partial charge is 0.465 e. The molecule has 2 unspecified atom stereocenters. The number of carbonyl (C=O) groups excluding carboxylic acids is 2. The SMILES string of the molecule is CC(C)(C)C1(C)C(C(=O)C2CCC2)C(=O)CCN1C(=O)O. The predicted octanol–water partition coefficient (Wildman–Crippen LogP) is 2.73. The average molecular weight is 295 g/mol. The van der Waals surface area contributed by atoms with E-state index in [4.69, 9.17) is 0 Å². The van der Waals surface area contributed by atoms with Crippen LogP contribution in [0.4, 0.5) is 4.79 Å². The number of carboxylic acid groups (broad SMARTS) is 1. The monoisotopic (exact) mass is 295 g/mol. The lowest BCUT2D eigenvalue weighted by atomic mass is 9.59. The van der Waals surface area contributed by atoms with E-state index < -0.39 is 23.0 Å². The zero-order chi connectivity index (χ0) is 16.0. The van der Waals surface area contributed by atoms with Crippen molar-refractivity contribution < 1.29 is 19.5 Å². The van der Waals surface area contributed by atoms with Gasteiger partial charge < -0.3 is 10.0 Å². The molecule has 1 aliphatic heterocycles. The number of ketones is 2. The molecule has 1 heterocycles. The summed E-state index contributed by atoms with van der Waals surface area (Å²) in [4.78, 5) is 38.2. The van der Waals surface area contributed by atoms with Crippen LogP contribution >= 0.6 is 0 Å². The van der Waals surface area contributed by atoms with Gasteiger partial charge in [0.1, 0.15) is 17.5 Å². The number of rotatable bonds is 2. The third-order valence-electron chi connectivity index (χ3n) is 5.57. The van der Waals surface area contributed by atoms with Crippen molar-refractivity contribution in [3.63, 3.8) is 0 Å². The molecule has 2 aliphatic rings. The van der Waals surface area contributed by atoms with Crippen molar-refractivity contribution in [2.75, 3.05) is 6.54 Å². The number of piperidine rings is 1. The molecule has 5 heteroatoms. The molecule has 2 fully saturated rings. The molecule has 0 aromatic carbocycles. The minimum atomic E-state index is -1.05. The molecule has 21 heavy (non-hydrogen) atoms. The number of hydrogen-bond donors (Lipinski definition) is 1. The Morgan fingerprint density at radius 2 is 1.86 bits per heavy atom. The van der Waals surface area contributed by atoms with Crippen LogP contribution in [0.1, 0.15) is 53.4 Å². The molecule has 0 aromatic heterocycles. The van der Waals surface area contributed by atoms with E-state index in [0.29, 0.717) is 0 Å². The van der Waals surface area contributed by atoms with E-state index in [1.807, 2.05) is 20.8 Å². The maximum atomic E-state index is 12.8. The average Bonchev–Trinajstić information content (AvgIpc) is 2.24. The number of Topliss-reactive ketones (excluding diaryl/α,β-unsaturated/α-hetero) is 2. The van der Waals surface area contributed by atoms with Gasteiger partial charge in [-0.1, -0.05) is 27.2 Å². The Morgan fingerprint density at radius 1 is 1.29 bits per heavy atom. The van der Waals surface area contributed by atoms with Gasteiger partial charge in [-0.25, -0.2) is 4.79 Å². The third kappa shape index (κ3) is 2.36. The number of carbonyl (C=O) groups is 3. The standard InChI is InChI=1S/C16H25NO4/c1-15(2,3)16(4)12(13(19)10-6-5-7-10)11(18)8-9-17(16)14(20)21/h10,12H,5-9H2,1-4H3,(H,20,21). The second-order valence-corrected chi connectivity index (χ2v) is 7.51. The Hall–Kier alpha value is -1.39. The number of nitrogens with zero attached hydrogens (tertiary/aromatic N) is 1. The first-order valence-corrected chi connectivity index (χ1v) is 7.67. The van der Waals surface area contributed by atoms with Gasteiger partial charge in [0.05, 0.1) is 5.54 Å². The van der Waals surface area contributed by atoms with Gasteiger partial charge in [0.15, 0.2) is 0 Å². The Kier molecular flexibility index (Phi) is 3.89. The van der Waals surface area contributed by atoms with Crippen LogP contribution in [0, 0.1) is 17.3 Å². The van der Waals surface area contributed by atoms with Gasteiger partial charge in [0.25, 0.3) is 0 Å². The maximum absolute atomic E-state index is 12.8. The summed E-state index contributed by atoms with van der Waals surface area (Å²) in [5.74, 6) is -1.03. The van der Waals surface area contributed by atoms with E-state index in [9.17, 15) is 19.5 Å². The van der Waals surface area contributed by atoms with Crippen molar-refractivity contribution in [1.29, 1.82) is 0 Å². The van der Waals surface area contributed by atoms with Gasteiger partial charge in [-0.2, -0.15) is 0 Å². The first-order valence-electron chi connectivity index (χ1n) is 7.67. The quantitative estimate of drug-likeness (QED) is 0.795. The molecule has 1 aliphatic carbocycles. The molecule has 0 radical (unpaired) electrons. The Balaban J connectivity index is 2.47. The van der Waals surface area contributed by atoms with Crippen LogP contribution < -0.4 is 0 Å². The van der Waals surface area contributed by atoms with Crippen LogP contribution in [0.5, 0.6) is 0 Å². The van der Waals surface area contributed by atoms with Crippen LogP contribution in [-0.2, 0) is 9.59 Å². The lowest BCUT2D eigenvalue weighted by Crippen LogP contribution is -2.68. The summed E-state index contributed by atoms with van der Waals surface area (Å²) in [5, 5.41) is 9.54. The van der Waals surface area contributed by atoms with Gasteiger partial charge in [0, 0.05) is 18.9 Å². The van der Waals surface area contributed by atoms with Gasteiger partial charge >= 0.3 is 6.09 Å².